The van der Waals surface area contributed by atoms with Gasteiger partial charge in [-0.2, -0.15) is 5.10 Å². The van der Waals surface area contributed by atoms with Gasteiger partial charge in [0.05, 0.1) is 22.6 Å². The van der Waals surface area contributed by atoms with Crippen LogP contribution >= 0.6 is 0 Å². The number of carbonyl (C=O) groups is 1. The average Bonchev–Trinajstić information content (AvgIpc) is 2.62. The molecule has 0 saturated heterocycles. The molecule has 0 fully saturated rings. The minimum Gasteiger partial charge on any atom is -0.396 e. The number of anilines is 2. The van der Waals surface area contributed by atoms with E-state index in [1.54, 1.807) is 12.1 Å². The molecular formula is C14H19N5O. The third-order valence-corrected chi connectivity index (χ3v) is 3.49. The van der Waals surface area contributed by atoms with Crippen LogP contribution in [0, 0.1) is 13.8 Å². The second-order valence-corrected chi connectivity index (χ2v) is 4.76. The van der Waals surface area contributed by atoms with Crippen LogP contribution in [0.2, 0.25) is 0 Å². The fourth-order valence-corrected chi connectivity index (χ4v) is 2.19. The van der Waals surface area contributed by atoms with Gasteiger partial charge >= 0.3 is 0 Å². The number of amides is 1. The molecular weight excluding hydrogens is 254 g/mol. The first-order valence-corrected chi connectivity index (χ1v) is 6.33. The number of primary amides is 1. The van der Waals surface area contributed by atoms with Crippen molar-refractivity contribution in [2.75, 3.05) is 11.1 Å². The number of nitrogens with zero attached hydrogens (tertiary/aromatic N) is 2. The molecule has 2 aromatic rings. The number of nitrogen functional groups attached to an aromatic ring is 1. The molecule has 0 saturated carbocycles. The lowest BCUT2D eigenvalue weighted by atomic mass is 10.1. The number of rotatable bonds is 4. The Morgan fingerprint density at radius 3 is 2.65 bits per heavy atom. The Hall–Kier alpha value is -2.50. The maximum absolute atomic E-state index is 11.3. The van der Waals surface area contributed by atoms with E-state index in [0.717, 1.165) is 17.0 Å². The lowest BCUT2D eigenvalue weighted by Crippen LogP contribution is -2.15. The summed E-state index contributed by atoms with van der Waals surface area (Å²) in [5, 5.41) is 7.60. The first kappa shape index (κ1) is 13.9. The van der Waals surface area contributed by atoms with E-state index < -0.39 is 5.91 Å². The molecule has 106 valence electrons. The first-order valence-electron chi connectivity index (χ1n) is 6.33. The van der Waals surface area contributed by atoms with Gasteiger partial charge in [-0.1, -0.05) is 6.07 Å². The minimum absolute atomic E-state index is 0.328. The van der Waals surface area contributed by atoms with E-state index in [1.807, 2.05) is 31.6 Å². The molecule has 1 aromatic carbocycles. The molecule has 0 atom stereocenters. The summed E-state index contributed by atoms with van der Waals surface area (Å²) in [6, 6.07) is 5.19. The molecule has 0 bridgehead atoms. The summed E-state index contributed by atoms with van der Waals surface area (Å²) in [5.74, 6) is -0.528. The quantitative estimate of drug-likeness (QED) is 0.732. The van der Waals surface area contributed by atoms with Gasteiger partial charge in [-0.15, -0.1) is 0 Å². The van der Waals surface area contributed by atoms with Gasteiger partial charge in [0.15, 0.2) is 0 Å². The summed E-state index contributed by atoms with van der Waals surface area (Å²) in [5.41, 5.74) is 15.8. The highest BCUT2D eigenvalue weighted by molar-refractivity contribution is 6.00. The Morgan fingerprint density at radius 2 is 2.10 bits per heavy atom. The molecule has 6 heteroatoms. The van der Waals surface area contributed by atoms with Gasteiger partial charge in [0, 0.05) is 24.8 Å². The molecule has 0 aliphatic rings. The Balaban J connectivity index is 2.23. The second-order valence-electron chi connectivity index (χ2n) is 4.76. The number of nitrogens with one attached hydrogen (secondary N) is 1. The summed E-state index contributed by atoms with van der Waals surface area (Å²) in [7, 11) is 1.91. The van der Waals surface area contributed by atoms with E-state index in [1.165, 1.54) is 0 Å². The summed E-state index contributed by atoms with van der Waals surface area (Å²) >= 11 is 0. The van der Waals surface area contributed by atoms with Crippen LogP contribution in [-0.2, 0) is 13.6 Å². The topological polar surface area (TPSA) is 99.0 Å². The van der Waals surface area contributed by atoms with Gasteiger partial charge in [0.2, 0.25) is 0 Å². The number of aryl methyl sites for hydroxylation is 2. The van der Waals surface area contributed by atoms with Crippen LogP contribution in [0.4, 0.5) is 11.4 Å². The van der Waals surface area contributed by atoms with E-state index in [4.69, 9.17) is 11.5 Å². The number of hydrogen-bond donors (Lipinski definition) is 3. The maximum atomic E-state index is 11.3. The molecule has 0 aliphatic heterocycles. The summed E-state index contributed by atoms with van der Waals surface area (Å²) in [6.45, 7) is 4.57. The highest BCUT2D eigenvalue weighted by atomic mass is 16.1. The molecule has 5 N–H and O–H groups in total. The number of benzene rings is 1. The van der Waals surface area contributed by atoms with Crippen molar-refractivity contribution >= 4 is 17.3 Å². The number of para-hydroxylation sites is 1. The van der Waals surface area contributed by atoms with E-state index >= 15 is 0 Å². The van der Waals surface area contributed by atoms with Crippen LogP contribution in [0.25, 0.3) is 0 Å². The molecule has 2 rings (SSSR count). The van der Waals surface area contributed by atoms with Gasteiger partial charge in [-0.05, 0) is 26.0 Å². The number of hydrogen-bond acceptors (Lipinski definition) is 4. The van der Waals surface area contributed by atoms with E-state index in [-0.39, 0.29) is 0 Å². The first-order chi connectivity index (χ1) is 9.41. The Morgan fingerprint density at radius 1 is 1.40 bits per heavy atom. The molecule has 1 heterocycles. The smallest absolute Gasteiger partial charge is 0.250 e. The van der Waals surface area contributed by atoms with Gasteiger partial charge in [0.1, 0.15) is 0 Å². The van der Waals surface area contributed by atoms with Crippen molar-refractivity contribution in [3.63, 3.8) is 0 Å². The zero-order chi connectivity index (χ0) is 14.9. The van der Waals surface area contributed by atoms with Crippen LogP contribution in [0.1, 0.15) is 27.3 Å². The van der Waals surface area contributed by atoms with Crippen molar-refractivity contribution < 1.29 is 4.79 Å². The molecule has 1 amide bonds. The second kappa shape index (κ2) is 5.24. The van der Waals surface area contributed by atoms with Gasteiger partial charge in [0.25, 0.3) is 5.91 Å². The van der Waals surface area contributed by atoms with Crippen molar-refractivity contribution in [1.29, 1.82) is 0 Å². The molecule has 20 heavy (non-hydrogen) atoms. The number of carbonyl (C=O) groups excluding carboxylic acids is 1. The summed E-state index contributed by atoms with van der Waals surface area (Å²) < 4.78 is 1.84. The van der Waals surface area contributed by atoms with Crippen LogP contribution in [0.15, 0.2) is 18.2 Å². The molecule has 0 radical (unpaired) electrons. The van der Waals surface area contributed by atoms with Crippen molar-refractivity contribution in [2.24, 2.45) is 12.8 Å². The Bertz CT molecular complexity index is 660. The lowest BCUT2D eigenvalue weighted by molar-refractivity contribution is 0.100. The normalized spacial score (nSPS) is 10.6. The molecule has 0 spiro atoms. The maximum Gasteiger partial charge on any atom is 0.250 e. The molecule has 0 unspecified atom stereocenters. The fourth-order valence-electron chi connectivity index (χ4n) is 2.19. The van der Waals surface area contributed by atoms with Gasteiger partial charge < -0.3 is 16.8 Å². The highest BCUT2D eigenvalue weighted by Crippen LogP contribution is 2.23. The average molecular weight is 273 g/mol. The van der Waals surface area contributed by atoms with Crippen LogP contribution < -0.4 is 16.8 Å². The number of aromatic nitrogens is 2. The minimum atomic E-state index is -0.528. The molecule has 6 nitrogen and oxygen atoms in total. The summed E-state index contributed by atoms with van der Waals surface area (Å²) in [4.78, 5) is 11.3. The summed E-state index contributed by atoms with van der Waals surface area (Å²) in [6.07, 6.45) is 0. The zero-order valence-corrected chi connectivity index (χ0v) is 11.9. The van der Waals surface area contributed by atoms with Crippen LogP contribution in [0.5, 0.6) is 0 Å². The highest BCUT2D eigenvalue weighted by Gasteiger charge is 2.12. The van der Waals surface area contributed by atoms with Crippen molar-refractivity contribution in [3.8, 4) is 0 Å². The molecule has 0 aliphatic carbocycles. The Labute approximate surface area is 117 Å². The monoisotopic (exact) mass is 273 g/mol. The van der Waals surface area contributed by atoms with E-state index in [2.05, 4.69) is 10.4 Å². The van der Waals surface area contributed by atoms with Crippen molar-refractivity contribution in [3.05, 3.63) is 40.7 Å². The largest absolute Gasteiger partial charge is 0.396 e. The third kappa shape index (κ3) is 2.45. The van der Waals surface area contributed by atoms with E-state index in [9.17, 15) is 4.79 Å². The van der Waals surface area contributed by atoms with Crippen molar-refractivity contribution in [2.45, 2.75) is 20.4 Å². The fraction of sp³-hybridized carbons (Fsp3) is 0.286. The SMILES string of the molecule is Cc1nn(C)c(C)c1CNc1cccc(C(N)=O)c1N. The predicted octanol–water partition coefficient (Wildman–Crippen LogP) is 1.33. The standard InChI is InChI=1S/C14H19N5O/c1-8-11(9(2)19(3)18-8)7-17-12-6-4-5-10(13(12)15)14(16)20/h4-6,17H,7,15H2,1-3H3,(H2,16,20). The zero-order valence-electron chi connectivity index (χ0n) is 11.9. The lowest BCUT2D eigenvalue weighted by Gasteiger charge is -2.11. The molecule has 1 aromatic heterocycles. The van der Waals surface area contributed by atoms with Crippen LogP contribution in [0.3, 0.4) is 0 Å². The predicted molar refractivity (Wildman–Crippen MR) is 79.4 cm³/mol. The number of nitrogens with two attached hydrogens (primary N) is 2. The Kier molecular flexibility index (Phi) is 3.65. The van der Waals surface area contributed by atoms with Gasteiger partial charge in [-0.3, -0.25) is 9.48 Å². The van der Waals surface area contributed by atoms with E-state index in [0.29, 0.717) is 23.5 Å². The third-order valence-electron chi connectivity index (χ3n) is 3.49. The van der Waals surface area contributed by atoms with Gasteiger partial charge in [-0.25, -0.2) is 0 Å². The van der Waals surface area contributed by atoms with Crippen LogP contribution in [-0.4, -0.2) is 15.7 Å². The van der Waals surface area contributed by atoms with Crippen molar-refractivity contribution in [1.82, 2.24) is 9.78 Å².